The summed E-state index contributed by atoms with van der Waals surface area (Å²) in [6.45, 7) is 4.33. The average molecular weight is 746 g/mol. The van der Waals surface area contributed by atoms with Gasteiger partial charge in [-0.15, -0.1) is 0 Å². The van der Waals surface area contributed by atoms with Crippen LogP contribution in [0.2, 0.25) is 0 Å². The molecule has 1 aliphatic rings. The monoisotopic (exact) mass is 745 g/mol. The summed E-state index contributed by atoms with van der Waals surface area (Å²) < 4.78 is 0. The zero-order chi connectivity index (χ0) is 38.3. The van der Waals surface area contributed by atoms with Gasteiger partial charge in [-0.1, -0.05) is 187 Å². The highest BCUT2D eigenvalue weighted by Gasteiger charge is 2.48. The third kappa shape index (κ3) is 6.12. The Balaban J connectivity index is 1.19. The van der Waals surface area contributed by atoms with Gasteiger partial charge >= 0.3 is 0 Å². The van der Waals surface area contributed by atoms with Crippen LogP contribution in [0.25, 0.3) is 67.5 Å². The van der Waals surface area contributed by atoms with Crippen LogP contribution in [-0.4, -0.2) is 23.0 Å². The Hall–Kier alpha value is -7.01. The second kappa shape index (κ2) is 14.2. The van der Waals surface area contributed by atoms with E-state index in [4.69, 9.17) is 15.0 Å². The molecule has 0 atom stereocenters. The number of rotatable bonds is 7. The summed E-state index contributed by atoms with van der Waals surface area (Å²) in [5, 5.41) is 5.58. The third-order valence-electron chi connectivity index (χ3n) is 11.3. The lowest BCUT2D eigenvalue weighted by atomic mass is 9.96. The fourth-order valence-corrected chi connectivity index (χ4v) is 13.6. The Kier molecular flexibility index (Phi) is 8.62. The topological polar surface area (TPSA) is 38.7 Å². The van der Waals surface area contributed by atoms with Gasteiger partial charge in [0, 0.05) is 16.7 Å². The van der Waals surface area contributed by atoms with Crippen molar-refractivity contribution in [2.75, 3.05) is 0 Å². The zero-order valence-corrected chi connectivity index (χ0v) is 32.9. The molecule has 0 unspecified atom stereocenters. The molecule has 0 spiro atoms. The van der Waals surface area contributed by atoms with Crippen molar-refractivity contribution in [1.82, 2.24) is 15.0 Å². The van der Waals surface area contributed by atoms with Crippen molar-refractivity contribution in [1.29, 1.82) is 0 Å². The summed E-state index contributed by atoms with van der Waals surface area (Å²) in [6.07, 6.45) is 0. The molecule has 0 N–H and O–H groups in total. The Morgan fingerprint density at radius 2 is 0.719 bits per heavy atom. The zero-order valence-electron chi connectivity index (χ0n) is 31.9. The molecule has 4 heteroatoms. The SMILES string of the molecule is Cc1ccc([Si]2(c3ccc(C)cc3)c3ccccc3-c3cc(-c4nc(-c5ccccc5)nc(-c5cc(-c6ccccc6)cc(-c6ccccc6)c5)n4)ccc32)cc1. The largest absolute Gasteiger partial charge is 0.208 e. The van der Waals surface area contributed by atoms with Crippen molar-refractivity contribution in [2.24, 2.45) is 0 Å². The van der Waals surface area contributed by atoms with E-state index in [9.17, 15) is 0 Å². The molecule has 0 fully saturated rings. The van der Waals surface area contributed by atoms with Gasteiger partial charge in [0.2, 0.25) is 0 Å². The second-order valence-electron chi connectivity index (χ2n) is 15.0. The van der Waals surface area contributed by atoms with Crippen molar-refractivity contribution in [2.45, 2.75) is 13.8 Å². The highest BCUT2D eigenvalue weighted by Crippen LogP contribution is 2.35. The summed E-state index contributed by atoms with van der Waals surface area (Å²) in [7, 11) is -2.65. The van der Waals surface area contributed by atoms with Gasteiger partial charge in [0.25, 0.3) is 0 Å². The molecule has 10 rings (SSSR count). The van der Waals surface area contributed by atoms with E-state index in [1.54, 1.807) is 0 Å². The van der Waals surface area contributed by atoms with Crippen molar-refractivity contribution < 1.29 is 0 Å². The van der Waals surface area contributed by atoms with E-state index >= 15 is 0 Å². The summed E-state index contributed by atoms with van der Waals surface area (Å²) in [6, 6.07) is 72.4. The number of benzene rings is 8. The maximum atomic E-state index is 5.31. The highest BCUT2D eigenvalue weighted by atomic mass is 28.3. The number of fused-ring (bicyclic) bond motifs is 3. The van der Waals surface area contributed by atoms with Crippen molar-refractivity contribution in [3.05, 3.63) is 211 Å². The first-order chi connectivity index (χ1) is 28.0. The number of hydrogen-bond donors (Lipinski definition) is 0. The standard InChI is InChI=1S/C53H39N3Si/c1-36-22-27-45(28-23-36)57(46-29-24-37(2)25-30-46)49-21-13-12-20-47(49)48-35-41(26-31-50(48)57)52-54-51(40-18-10-5-11-19-40)55-53(56-52)44-33-42(38-14-6-3-7-15-38)32-43(34-44)39-16-8-4-9-17-39/h3-35H,1-2H3. The number of aromatic nitrogens is 3. The summed E-state index contributed by atoms with van der Waals surface area (Å²) >= 11 is 0. The summed E-state index contributed by atoms with van der Waals surface area (Å²) in [4.78, 5) is 15.7. The molecule has 2 heterocycles. The first-order valence-electron chi connectivity index (χ1n) is 19.5. The lowest BCUT2D eigenvalue weighted by Gasteiger charge is -2.31. The number of hydrogen-bond acceptors (Lipinski definition) is 3. The van der Waals surface area contributed by atoms with Gasteiger partial charge in [-0.25, -0.2) is 15.0 Å². The minimum atomic E-state index is -2.65. The van der Waals surface area contributed by atoms with Crippen molar-refractivity contribution >= 4 is 28.8 Å². The van der Waals surface area contributed by atoms with E-state index in [0.717, 1.165) is 38.9 Å². The van der Waals surface area contributed by atoms with Gasteiger partial charge in [-0.05, 0) is 92.2 Å². The van der Waals surface area contributed by atoms with Crippen LogP contribution in [0.1, 0.15) is 11.1 Å². The van der Waals surface area contributed by atoms with Crippen LogP contribution in [0.4, 0.5) is 0 Å². The second-order valence-corrected chi connectivity index (χ2v) is 18.7. The smallest absolute Gasteiger partial charge is 0.180 e. The molecule has 1 aromatic heterocycles. The van der Waals surface area contributed by atoms with Gasteiger partial charge in [-0.3, -0.25) is 0 Å². The first-order valence-corrected chi connectivity index (χ1v) is 21.5. The van der Waals surface area contributed by atoms with E-state index in [1.807, 2.05) is 18.2 Å². The van der Waals surface area contributed by atoms with Crippen LogP contribution in [0.3, 0.4) is 0 Å². The molecule has 0 amide bonds. The molecule has 57 heavy (non-hydrogen) atoms. The Morgan fingerprint density at radius 1 is 0.298 bits per heavy atom. The fraction of sp³-hybridized carbons (Fsp3) is 0.0377. The molecule has 3 nitrogen and oxygen atoms in total. The molecule has 0 aliphatic carbocycles. The molecule has 0 radical (unpaired) electrons. The maximum Gasteiger partial charge on any atom is 0.180 e. The fourth-order valence-electron chi connectivity index (χ4n) is 8.52. The van der Waals surface area contributed by atoms with Gasteiger partial charge in [-0.2, -0.15) is 0 Å². The Bertz CT molecular complexity index is 2790. The molecule has 8 aromatic carbocycles. The van der Waals surface area contributed by atoms with Crippen LogP contribution in [-0.2, 0) is 0 Å². The lowest BCUT2D eigenvalue weighted by molar-refractivity contribution is 1.07. The van der Waals surface area contributed by atoms with Gasteiger partial charge in [0.1, 0.15) is 0 Å². The van der Waals surface area contributed by atoms with Crippen molar-refractivity contribution in [3.63, 3.8) is 0 Å². The molecule has 9 aromatic rings. The normalized spacial score (nSPS) is 12.5. The Labute approximate surface area is 335 Å². The molecule has 270 valence electrons. The van der Waals surface area contributed by atoms with E-state index in [-0.39, 0.29) is 0 Å². The average Bonchev–Trinajstić information content (AvgIpc) is 3.58. The summed E-state index contributed by atoms with van der Waals surface area (Å²) in [5.74, 6) is 1.93. The van der Waals surface area contributed by atoms with Crippen LogP contribution < -0.4 is 20.7 Å². The van der Waals surface area contributed by atoms with Crippen LogP contribution in [0, 0.1) is 13.8 Å². The molecular weight excluding hydrogens is 707 g/mol. The quantitative estimate of drug-likeness (QED) is 0.153. The van der Waals surface area contributed by atoms with Gasteiger partial charge in [0.15, 0.2) is 25.5 Å². The maximum absolute atomic E-state index is 5.31. The molecular formula is C53H39N3Si. The van der Waals surface area contributed by atoms with Crippen molar-refractivity contribution in [3.8, 4) is 67.5 Å². The van der Waals surface area contributed by atoms with Crippen LogP contribution >= 0.6 is 0 Å². The molecule has 0 saturated heterocycles. The van der Waals surface area contributed by atoms with E-state index in [0.29, 0.717) is 17.5 Å². The first kappa shape index (κ1) is 34.5. The predicted octanol–water partition coefficient (Wildman–Crippen LogP) is 10.2. The molecule has 1 aliphatic heterocycles. The van der Waals surface area contributed by atoms with Gasteiger partial charge in [0.05, 0.1) is 0 Å². The van der Waals surface area contributed by atoms with E-state index < -0.39 is 8.07 Å². The van der Waals surface area contributed by atoms with Gasteiger partial charge < -0.3 is 0 Å². The minimum Gasteiger partial charge on any atom is -0.208 e. The highest BCUT2D eigenvalue weighted by molar-refractivity contribution is 7.22. The number of aryl methyl sites for hydroxylation is 2. The van der Waals surface area contributed by atoms with Crippen LogP contribution in [0.15, 0.2) is 200 Å². The van der Waals surface area contributed by atoms with E-state index in [1.165, 1.54) is 43.0 Å². The van der Waals surface area contributed by atoms with E-state index in [2.05, 4.69) is 196 Å². The lowest BCUT2D eigenvalue weighted by Crippen LogP contribution is -2.72. The number of nitrogens with zero attached hydrogens (tertiary/aromatic N) is 3. The summed E-state index contributed by atoms with van der Waals surface area (Å²) in [5.41, 5.74) is 12.4. The minimum absolute atomic E-state index is 0.637. The Morgan fingerprint density at radius 3 is 1.26 bits per heavy atom. The molecule has 0 saturated carbocycles. The third-order valence-corrected chi connectivity index (χ3v) is 16.2. The molecule has 0 bridgehead atoms. The predicted molar refractivity (Wildman–Crippen MR) is 239 cm³/mol. The van der Waals surface area contributed by atoms with Crippen LogP contribution in [0.5, 0.6) is 0 Å².